The molecule has 0 saturated carbocycles. The van der Waals surface area contributed by atoms with E-state index in [1.165, 1.54) is 0 Å². The molecule has 4 heteroatoms. The Kier molecular flexibility index (Phi) is 3.89. The summed E-state index contributed by atoms with van der Waals surface area (Å²) in [6.45, 7) is 1.83. The summed E-state index contributed by atoms with van der Waals surface area (Å²) in [6.07, 6.45) is 1.03. The van der Waals surface area contributed by atoms with Crippen LogP contribution in [0.5, 0.6) is 0 Å². The molecule has 15 heavy (non-hydrogen) atoms. The fourth-order valence-corrected chi connectivity index (χ4v) is 1.35. The fourth-order valence-electron chi connectivity index (χ4n) is 1.00. The van der Waals surface area contributed by atoms with Crippen LogP contribution < -0.4 is 0 Å². The maximum absolute atomic E-state index is 10.7. The van der Waals surface area contributed by atoms with Crippen molar-refractivity contribution in [3.63, 3.8) is 0 Å². The average Bonchev–Trinajstić information content (AvgIpc) is 2.16. The van der Waals surface area contributed by atoms with E-state index in [0.717, 1.165) is 17.4 Å². The molecule has 0 amide bonds. The molecule has 0 aromatic heterocycles. The van der Waals surface area contributed by atoms with E-state index in [-0.39, 0.29) is 6.61 Å². The molecule has 0 heterocycles. The van der Waals surface area contributed by atoms with Gasteiger partial charge in [-0.1, -0.05) is 18.1 Å². The standard InChI is InChI=1S/C11H12O3S/c1-3-4-10-5-7-11(8-6-10)9-14-15(2,12)13/h5-8H,9H2,1-2H3. The summed E-state index contributed by atoms with van der Waals surface area (Å²) in [5.41, 5.74) is 1.71. The molecule has 0 aliphatic heterocycles. The molecular formula is C11H12O3S. The smallest absolute Gasteiger partial charge is 0.264 e. The topological polar surface area (TPSA) is 43.4 Å². The van der Waals surface area contributed by atoms with Crippen LogP contribution >= 0.6 is 0 Å². The molecule has 0 saturated heterocycles. The maximum Gasteiger partial charge on any atom is 0.264 e. The van der Waals surface area contributed by atoms with Gasteiger partial charge in [-0.05, 0) is 24.6 Å². The Hall–Kier alpha value is -1.31. The van der Waals surface area contributed by atoms with Crippen molar-refractivity contribution in [2.75, 3.05) is 6.26 Å². The molecule has 1 aromatic carbocycles. The molecular weight excluding hydrogens is 212 g/mol. The van der Waals surface area contributed by atoms with Gasteiger partial charge in [-0.25, -0.2) is 0 Å². The molecule has 3 nitrogen and oxygen atoms in total. The van der Waals surface area contributed by atoms with Crippen molar-refractivity contribution in [2.45, 2.75) is 13.5 Å². The molecule has 0 atom stereocenters. The first kappa shape index (κ1) is 11.8. The van der Waals surface area contributed by atoms with E-state index in [9.17, 15) is 8.42 Å². The van der Waals surface area contributed by atoms with Crippen molar-refractivity contribution in [2.24, 2.45) is 0 Å². The van der Waals surface area contributed by atoms with E-state index in [2.05, 4.69) is 16.0 Å². The van der Waals surface area contributed by atoms with Gasteiger partial charge in [0.2, 0.25) is 0 Å². The molecule has 0 bridgehead atoms. The zero-order chi connectivity index (χ0) is 11.3. The van der Waals surface area contributed by atoms with Crippen molar-refractivity contribution in [3.8, 4) is 11.8 Å². The van der Waals surface area contributed by atoms with Gasteiger partial charge in [0.15, 0.2) is 0 Å². The van der Waals surface area contributed by atoms with Crippen molar-refractivity contribution in [3.05, 3.63) is 35.4 Å². The van der Waals surface area contributed by atoms with E-state index in [4.69, 9.17) is 0 Å². The molecule has 0 aliphatic rings. The largest absolute Gasteiger partial charge is 0.265 e. The van der Waals surface area contributed by atoms with E-state index in [0.29, 0.717) is 0 Å². The van der Waals surface area contributed by atoms with Crippen LogP contribution in [-0.2, 0) is 20.9 Å². The van der Waals surface area contributed by atoms with Gasteiger partial charge in [0, 0.05) is 5.56 Å². The lowest BCUT2D eigenvalue weighted by atomic mass is 10.1. The molecule has 1 rings (SSSR count). The number of hydrogen-bond donors (Lipinski definition) is 0. The Morgan fingerprint density at radius 3 is 2.33 bits per heavy atom. The van der Waals surface area contributed by atoms with E-state index >= 15 is 0 Å². The van der Waals surface area contributed by atoms with Gasteiger partial charge in [-0.15, -0.1) is 5.92 Å². The number of rotatable bonds is 3. The van der Waals surface area contributed by atoms with Crippen LogP contribution in [0, 0.1) is 11.8 Å². The highest BCUT2D eigenvalue weighted by Gasteiger charge is 2.01. The van der Waals surface area contributed by atoms with Crippen LogP contribution in [0.4, 0.5) is 0 Å². The molecule has 0 fully saturated rings. The minimum atomic E-state index is -3.37. The normalized spacial score (nSPS) is 10.5. The highest BCUT2D eigenvalue weighted by molar-refractivity contribution is 7.85. The van der Waals surface area contributed by atoms with Crippen LogP contribution in [0.3, 0.4) is 0 Å². The third-order valence-electron chi connectivity index (χ3n) is 1.66. The Labute approximate surface area is 90.2 Å². The Morgan fingerprint density at radius 1 is 1.27 bits per heavy atom. The lowest BCUT2D eigenvalue weighted by molar-refractivity contribution is 0.311. The molecule has 1 aromatic rings. The molecule has 80 valence electrons. The van der Waals surface area contributed by atoms with E-state index in [1.807, 2.05) is 12.1 Å². The summed E-state index contributed by atoms with van der Waals surface area (Å²) in [7, 11) is -3.37. The Morgan fingerprint density at radius 2 is 1.87 bits per heavy atom. The summed E-state index contributed by atoms with van der Waals surface area (Å²) in [5.74, 6) is 5.68. The van der Waals surface area contributed by atoms with Gasteiger partial charge in [0.05, 0.1) is 12.9 Å². The summed E-state index contributed by atoms with van der Waals surface area (Å²) in [5, 5.41) is 0. The second kappa shape index (κ2) is 4.96. The minimum absolute atomic E-state index is 0.0681. The zero-order valence-corrected chi connectivity index (χ0v) is 9.47. The average molecular weight is 224 g/mol. The van der Waals surface area contributed by atoms with Gasteiger partial charge in [-0.3, -0.25) is 4.18 Å². The maximum atomic E-state index is 10.7. The predicted molar refractivity (Wildman–Crippen MR) is 58.6 cm³/mol. The predicted octanol–water partition coefficient (Wildman–Crippen LogP) is 1.53. The lowest BCUT2D eigenvalue weighted by Gasteiger charge is -2.01. The quantitative estimate of drug-likeness (QED) is 0.577. The third kappa shape index (κ3) is 4.63. The number of benzene rings is 1. The fraction of sp³-hybridized carbons (Fsp3) is 0.273. The second-order valence-corrected chi connectivity index (χ2v) is 4.68. The van der Waals surface area contributed by atoms with Gasteiger partial charge in [0.25, 0.3) is 10.1 Å². The molecule has 0 unspecified atom stereocenters. The Bertz CT molecular complexity index is 475. The molecule has 0 spiro atoms. The van der Waals surface area contributed by atoms with E-state index < -0.39 is 10.1 Å². The first-order chi connectivity index (χ1) is 7.01. The minimum Gasteiger partial charge on any atom is -0.265 e. The monoisotopic (exact) mass is 224 g/mol. The SMILES string of the molecule is CC#Cc1ccc(COS(C)(=O)=O)cc1. The van der Waals surface area contributed by atoms with Gasteiger partial charge >= 0.3 is 0 Å². The number of hydrogen-bond acceptors (Lipinski definition) is 3. The van der Waals surface area contributed by atoms with Gasteiger partial charge < -0.3 is 0 Å². The van der Waals surface area contributed by atoms with Crippen molar-refractivity contribution >= 4 is 10.1 Å². The van der Waals surface area contributed by atoms with Gasteiger partial charge in [-0.2, -0.15) is 8.42 Å². The van der Waals surface area contributed by atoms with Crippen molar-refractivity contribution in [1.29, 1.82) is 0 Å². The lowest BCUT2D eigenvalue weighted by Crippen LogP contribution is -2.02. The van der Waals surface area contributed by atoms with E-state index in [1.54, 1.807) is 19.1 Å². The Balaban J connectivity index is 2.68. The van der Waals surface area contributed by atoms with Crippen molar-refractivity contribution in [1.82, 2.24) is 0 Å². The molecule has 0 aliphatic carbocycles. The third-order valence-corrected chi connectivity index (χ3v) is 2.21. The highest BCUT2D eigenvalue weighted by Crippen LogP contribution is 2.06. The van der Waals surface area contributed by atoms with Crippen LogP contribution in [0.2, 0.25) is 0 Å². The second-order valence-electron chi connectivity index (χ2n) is 3.04. The van der Waals surface area contributed by atoms with Crippen LogP contribution in [0.25, 0.3) is 0 Å². The zero-order valence-electron chi connectivity index (χ0n) is 8.65. The summed E-state index contributed by atoms with van der Waals surface area (Å²) in [4.78, 5) is 0. The first-order valence-electron chi connectivity index (χ1n) is 4.37. The summed E-state index contributed by atoms with van der Waals surface area (Å²) in [6, 6.07) is 7.25. The highest BCUT2D eigenvalue weighted by atomic mass is 32.2. The first-order valence-corrected chi connectivity index (χ1v) is 6.19. The van der Waals surface area contributed by atoms with Crippen LogP contribution in [0.1, 0.15) is 18.1 Å². The van der Waals surface area contributed by atoms with Crippen molar-refractivity contribution < 1.29 is 12.6 Å². The summed E-state index contributed by atoms with van der Waals surface area (Å²) >= 11 is 0. The summed E-state index contributed by atoms with van der Waals surface area (Å²) < 4.78 is 26.1. The van der Waals surface area contributed by atoms with Crippen LogP contribution in [0.15, 0.2) is 24.3 Å². The van der Waals surface area contributed by atoms with Crippen LogP contribution in [-0.4, -0.2) is 14.7 Å². The van der Waals surface area contributed by atoms with Gasteiger partial charge in [0.1, 0.15) is 0 Å². The molecule has 0 N–H and O–H groups in total. The molecule has 0 radical (unpaired) electrons.